The van der Waals surface area contributed by atoms with Gasteiger partial charge in [-0.15, -0.1) is 0 Å². The second-order valence-corrected chi connectivity index (χ2v) is 3.17. The minimum atomic E-state index is -0.411. The van der Waals surface area contributed by atoms with Gasteiger partial charge in [-0.2, -0.15) is 5.10 Å². The van der Waals surface area contributed by atoms with E-state index in [1.54, 1.807) is 6.07 Å². The Morgan fingerprint density at radius 2 is 2.54 bits per heavy atom. The molecule has 2 N–H and O–H groups in total. The van der Waals surface area contributed by atoms with Crippen LogP contribution >= 0.6 is 15.9 Å². The summed E-state index contributed by atoms with van der Waals surface area (Å²) < 4.78 is 6.68. The Labute approximate surface area is 84.0 Å². The Kier molecular flexibility index (Phi) is 3.44. The largest absolute Gasteiger partial charge is 0.464 e. The van der Waals surface area contributed by atoms with Crippen LogP contribution in [0.15, 0.2) is 10.7 Å². The number of hydrogen-bond acceptors (Lipinski definition) is 4. The van der Waals surface area contributed by atoms with Crippen LogP contribution < -0.4 is 5.73 Å². The fraction of sp³-hybridized carbons (Fsp3) is 0.429. The summed E-state index contributed by atoms with van der Waals surface area (Å²) in [7, 11) is 1.33. The van der Waals surface area contributed by atoms with Crippen LogP contribution in [0.2, 0.25) is 0 Å². The first-order valence-corrected chi connectivity index (χ1v) is 4.50. The summed E-state index contributed by atoms with van der Waals surface area (Å²) in [5.41, 5.74) is 5.75. The van der Waals surface area contributed by atoms with E-state index in [1.807, 2.05) is 0 Å². The predicted octanol–water partition coefficient (Wildman–Crippen LogP) is 0.391. The molecule has 0 aromatic carbocycles. The summed E-state index contributed by atoms with van der Waals surface area (Å²) in [6, 6.07) is 1.60. The van der Waals surface area contributed by atoms with E-state index in [0.29, 0.717) is 23.4 Å². The maximum Gasteiger partial charge on any atom is 0.356 e. The van der Waals surface area contributed by atoms with Gasteiger partial charge in [0.2, 0.25) is 0 Å². The van der Waals surface area contributed by atoms with Crippen LogP contribution in [0.4, 0.5) is 0 Å². The summed E-state index contributed by atoms with van der Waals surface area (Å²) in [5, 5.41) is 4.02. The normalized spacial score (nSPS) is 10.1. The molecular weight excluding hydrogens is 238 g/mol. The van der Waals surface area contributed by atoms with Crippen LogP contribution in [0, 0.1) is 0 Å². The van der Waals surface area contributed by atoms with Gasteiger partial charge in [0.05, 0.1) is 13.7 Å². The van der Waals surface area contributed by atoms with Crippen molar-refractivity contribution in [1.29, 1.82) is 0 Å². The molecule has 5 nitrogen and oxygen atoms in total. The van der Waals surface area contributed by atoms with E-state index in [4.69, 9.17) is 5.73 Å². The van der Waals surface area contributed by atoms with E-state index in [9.17, 15) is 4.79 Å². The molecule has 0 aliphatic heterocycles. The molecule has 0 fully saturated rings. The van der Waals surface area contributed by atoms with Gasteiger partial charge in [0, 0.05) is 12.6 Å². The quantitative estimate of drug-likeness (QED) is 0.785. The lowest BCUT2D eigenvalue weighted by Crippen LogP contribution is -2.17. The molecule has 13 heavy (non-hydrogen) atoms. The van der Waals surface area contributed by atoms with Gasteiger partial charge in [-0.05, 0) is 15.9 Å². The Balaban J connectivity index is 2.96. The lowest BCUT2D eigenvalue weighted by molar-refractivity contribution is 0.0586. The molecule has 6 heteroatoms. The molecule has 0 spiro atoms. The molecule has 0 aliphatic carbocycles. The minimum absolute atomic E-state index is 0.403. The zero-order valence-electron chi connectivity index (χ0n) is 7.16. The fourth-order valence-corrected chi connectivity index (χ4v) is 1.36. The highest BCUT2D eigenvalue weighted by molar-refractivity contribution is 9.10. The second kappa shape index (κ2) is 4.38. The first kappa shape index (κ1) is 10.2. The third-order valence-corrected chi connectivity index (χ3v) is 1.87. The maximum atomic E-state index is 11.2. The van der Waals surface area contributed by atoms with E-state index in [-0.39, 0.29) is 0 Å². The number of aromatic nitrogens is 2. The van der Waals surface area contributed by atoms with E-state index in [1.165, 1.54) is 11.8 Å². The molecule has 1 rings (SSSR count). The Morgan fingerprint density at radius 3 is 3.08 bits per heavy atom. The molecule has 0 unspecified atom stereocenters. The smallest absolute Gasteiger partial charge is 0.356 e. The van der Waals surface area contributed by atoms with Gasteiger partial charge in [0.25, 0.3) is 0 Å². The Hall–Kier alpha value is -0.880. The number of esters is 1. The number of methoxy groups -OCH3 is 1. The van der Waals surface area contributed by atoms with E-state index < -0.39 is 5.97 Å². The van der Waals surface area contributed by atoms with Gasteiger partial charge < -0.3 is 10.5 Å². The molecule has 1 aromatic heterocycles. The lowest BCUT2D eigenvalue weighted by Gasteiger charge is -2.02. The van der Waals surface area contributed by atoms with Crippen molar-refractivity contribution < 1.29 is 9.53 Å². The summed E-state index contributed by atoms with van der Waals surface area (Å²) in [6.45, 7) is 0.925. The van der Waals surface area contributed by atoms with Gasteiger partial charge in [-0.3, -0.25) is 4.68 Å². The van der Waals surface area contributed by atoms with Crippen molar-refractivity contribution in [3.8, 4) is 0 Å². The van der Waals surface area contributed by atoms with E-state index >= 15 is 0 Å². The third-order valence-electron chi connectivity index (χ3n) is 1.49. The first-order valence-electron chi connectivity index (χ1n) is 3.70. The highest BCUT2D eigenvalue weighted by Crippen LogP contribution is 2.11. The zero-order valence-corrected chi connectivity index (χ0v) is 8.74. The molecule has 0 aliphatic rings. The number of halogens is 1. The topological polar surface area (TPSA) is 70.1 Å². The highest BCUT2D eigenvalue weighted by Gasteiger charge is 2.13. The number of carbonyl (C=O) groups excluding carboxylic acids is 1. The molecule has 72 valence electrons. The van der Waals surface area contributed by atoms with E-state index in [2.05, 4.69) is 25.8 Å². The monoisotopic (exact) mass is 247 g/mol. The van der Waals surface area contributed by atoms with Crippen LogP contribution in [0.1, 0.15) is 10.5 Å². The number of nitrogens with two attached hydrogens (primary N) is 1. The molecule has 1 heterocycles. The summed E-state index contributed by atoms with van der Waals surface area (Å²) in [6.07, 6.45) is 0. The van der Waals surface area contributed by atoms with Gasteiger partial charge in [-0.25, -0.2) is 4.79 Å². The summed E-state index contributed by atoms with van der Waals surface area (Å²) in [5.74, 6) is -0.411. The molecule has 1 aromatic rings. The lowest BCUT2D eigenvalue weighted by atomic mass is 10.4. The Bertz CT molecular complexity index is 311. The highest BCUT2D eigenvalue weighted by atomic mass is 79.9. The van der Waals surface area contributed by atoms with Crippen LogP contribution in [-0.2, 0) is 11.3 Å². The van der Waals surface area contributed by atoms with Crippen molar-refractivity contribution in [3.05, 3.63) is 16.4 Å². The van der Waals surface area contributed by atoms with Crippen molar-refractivity contribution >= 4 is 21.9 Å². The van der Waals surface area contributed by atoms with Crippen LogP contribution in [0.3, 0.4) is 0 Å². The number of hydrogen-bond donors (Lipinski definition) is 1. The number of nitrogens with zero attached hydrogens (tertiary/aromatic N) is 2. The van der Waals surface area contributed by atoms with Gasteiger partial charge in [-0.1, -0.05) is 0 Å². The van der Waals surface area contributed by atoms with Gasteiger partial charge in [0.15, 0.2) is 0 Å². The number of rotatable bonds is 3. The molecule has 0 bridgehead atoms. The van der Waals surface area contributed by atoms with Crippen molar-refractivity contribution in [2.75, 3.05) is 13.7 Å². The molecule has 0 saturated carbocycles. The fourth-order valence-electron chi connectivity index (χ4n) is 0.947. The molecule has 0 radical (unpaired) electrons. The van der Waals surface area contributed by atoms with Gasteiger partial charge in [0.1, 0.15) is 10.3 Å². The molecule has 0 saturated heterocycles. The predicted molar refractivity (Wildman–Crippen MR) is 50.3 cm³/mol. The van der Waals surface area contributed by atoms with E-state index in [0.717, 1.165) is 0 Å². The van der Waals surface area contributed by atoms with Crippen molar-refractivity contribution in [1.82, 2.24) is 9.78 Å². The van der Waals surface area contributed by atoms with Crippen LogP contribution in [0.25, 0.3) is 0 Å². The zero-order chi connectivity index (χ0) is 9.84. The van der Waals surface area contributed by atoms with Crippen molar-refractivity contribution in [2.45, 2.75) is 6.54 Å². The third kappa shape index (κ3) is 2.28. The summed E-state index contributed by atoms with van der Waals surface area (Å²) >= 11 is 3.17. The van der Waals surface area contributed by atoms with Crippen LogP contribution in [0.5, 0.6) is 0 Å². The SMILES string of the molecule is COC(=O)c1cc(Br)nn1CCN. The minimum Gasteiger partial charge on any atom is -0.464 e. The number of carbonyl (C=O) groups is 1. The average molecular weight is 248 g/mol. The maximum absolute atomic E-state index is 11.2. The number of ether oxygens (including phenoxy) is 1. The standard InChI is InChI=1S/C7H10BrN3O2/c1-13-7(12)5-4-6(8)10-11(5)3-2-9/h4H,2-3,9H2,1H3. The van der Waals surface area contributed by atoms with Crippen LogP contribution in [-0.4, -0.2) is 29.4 Å². The second-order valence-electron chi connectivity index (χ2n) is 2.36. The van der Waals surface area contributed by atoms with Crippen molar-refractivity contribution in [2.24, 2.45) is 5.73 Å². The first-order chi connectivity index (χ1) is 6.19. The average Bonchev–Trinajstić information content (AvgIpc) is 2.46. The molecule has 0 atom stereocenters. The molecule has 0 amide bonds. The molecular formula is C7H10BrN3O2. The van der Waals surface area contributed by atoms with Crippen molar-refractivity contribution in [3.63, 3.8) is 0 Å². The summed E-state index contributed by atoms with van der Waals surface area (Å²) in [4.78, 5) is 11.2. The van der Waals surface area contributed by atoms with Gasteiger partial charge >= 0.3 is 5.97 Å². The Morgan fingerprint density at radius 1 is 1.85 bits per heavy atom.